The number of oxazole rings is 1. The Kier molecular flexibility index (Phi) is 4.16. The highest BCUT2D eigenvalue weighted by atomic mass is 16.7. The van der Waals surface area contributed by atoms with Crippen molar-refractivity contribution in [2.24, 2.45) is 0 Å². The zero-order valence-electron chi connectivity index (χ0n) is 15.9. The summed E-state index contributed by atoms with van der Waals surface area (Å²) in [5, 5.41) is 2.83. The fourth-order valence-corrected chi connectivity index (χ4v) is 3.67. The number of carbonyl (C=O) groups is 1. The first-order chi connectivity index (χ1) is 14.2. The molecule has 1 N–H and O–H groups in total. The maximum Gasteiger partial charge on any atom is 0.301 e. The molecule has 0 radical (unpaired) electrons. The molecule has 0 atom stereocenters. The zero-order valence-corrected chi connectivity index (χ0v) is 15.9. The molecule has 1 amide bonds. The Labute approximate surface area is 167 Å². The Morgan fingerprint density at radius 3 is 2.83 bits per heavy atom. The second-order valence-corrected chi connectivity index (χ2v) is 7.22. The van der Waals surface area contributed by atoms with E-state index < -0.39 is 5.41 Å². The molecule has 0 unspecified atom stereocenters. The molecule has 1 aromatic heterocycles. The van der Waals surface area contributed by atoms with E-state index in [-0.39, 0.29) is 18.7 Å². The summed E-state index contributed by atoms with van der Waals surface area (Å²) >= 11 is 0. The molecule has 5 rings (SSSR count). The predicted molar refractivity (Wildman–Crippen MR) is 104 cm³/mol. The first kappa shape index (κ1) is 17.6. The lowest BCUT2D eigenvalue weighted by atomic mass is 9.94. The van der Waals surface area contributed by atoms with Gasteiger partial charge in [-0.15, -0.1) is 0 Å². The van der Waals surface area contributed by atoms with Crippen molar-refractivity contribution in [1.29, 1.82) is 0 Å². The number of amides is 1. The number of methoxy groups -OCH3 is 1. The van der Waals surface area contributed by atoms with Gasteiger partial charge in [0.05, 0.1) is 18.7 Å². The lowest BCUT2D eigenvalue weighted by Gasteiger charge is -2.14. The molecular weight excluding hydrogens is 372 g/mol. The molecule has 2 aromatic carbocycles. The number of fused-ring (bicyclic) bond motifs is 1. The molecular formula is C22H20N2O5. The van der Waals surface area contributed by atoms with Crippen LogP contribution >= 0.6 is 0 Å². The summed E-state index contributed by atoms with van der Waals surface area (Å²) in [7, 11) is 1.64. The van der Waals surface area contributed by atoms with Crippen molar-refractivity contribution in [3.63, 3.8) is 0 Å². The van der Waals surface area contributed by atoms with Gasteiger partial charge in [0.15, 0.2) is 11.5 Å². The van der Waals surface area contributed by atoms with Crippen LogP contribution in [0.4, 0.5) is 6.01 Å². The number of hydrogen-bond donors (Lipinski definition) is 1. The minimum atomic E-state index is -0.571. The van der Waals surface area contributed by atoms with E-state index in [0.717, 1.165) is 29.7 Å². The molecule has 1 aliphatic heterocycles. The minimum absolute atomic E-state index is 0.123. The zero-order chi connectivity index (χ0) is 19.8. The number of rotatable bonds is 6. The number of para-hydroxylation sites is 1. The van der Waals surface area contributed by atoms with Gasteiger partial charge in [0.2, 0.25) is 12.7 Å². The standard InChI is InChI=1S/C22H20N2O5/c1-26-17-5-3-2-4-14(17)10-16-12-23-21(29-16)24-20(25)22(8-9-22)15-6-7-18-19(11-15)28-13-27-18/h2-7,11-12H,8-10,13H2,1H3,(H,23,24,25). The van der Waals surface area contributed by atoms with Crippen molar-refractivity contribution in [2.75, 3.05) is 19.2 Å². The lowest BCUT2D eigenvalue weighted by Crippen LogP contribution is -2.27. The Morgan fingerprint density at radius 1 is 1.17 bits per heavy atom. The van der Waals surface area contributed by atoms with Crippen LogP contribution in [0.25, 0.3) is 0 Å². The van der Waals surface area contributed by atoms with Crippen molar-refractivity contribution >= 4 is 11.9 Å². The number of anilines is 1. The Morgan fingerprint density at radius 2 is 2.00 bits per heavy atom. The number of ether oxygens (including phenoxy) is 3. The van der Waals surface area contributed by atoms with Gasteiger partial charge in [0.1, 0.15) is 11.5 Å². The van der Waals surface area contributed by atoms with Gasteiger partial charge in [0.25, 0.3) is 0 Å². The van der Waals surface area contributed by atoms with E-state index in [4.69, 9.17) is 18.6 Å². The third kappa shape index (κ3) is 3.18. The molecule has 1 saturated carbocycles. The third-order valence-corrected chi connectivity index (χ3v) is 5.44. The predicted octanol–water partition coefficient (Wildman–Crippen LogP) is 3.67. The van der Waals surface area contributed by atoms with Gasteiger partial charge in [-0.05, 0) is 36.6 Å². The van der Waals surface area contributed by atoms with E-state index in [1.165, 1.54) is 0 Å². The van der Waals surface area contributed by atoms with Crippen LogP contribution in [0.5, 0.6) is 17.2 Å². The summed E-state index contributed by atoms with van der Waals surface area (Å²) in [6, 6.07) is 13.6. The average Bonchev–Trinajstić information content (AvgIpc) is 3.22. The number of aromatic nitrogens is 1. The van der Waals surface area contributed by atoms with Crippen LogP contribution < -0.4 is 19.5 Å². The average molecular weight is 392 g/mol. The van der Waals surface area contributed by atoms with Crippen molar-refractivity contribution in [3.05, 3.63) is 65.5 Å². The highest BCUT2D eigenvalue weighted by Gasteiger charge is 2.52. The fourth-order valence-electron chi connectivity index (χ4n) is 3.67. The van der Waals surface area contributed by atoms with Crippen molar-refractivity contribution in [1.82, 2.24) is 4.98 Å². The van der Waals surface area contributed by atoms with Gasteiger partial charge in [0, 0.05) is 12.0 Å². The second kappa shape index (κ2) is 6.84. The molecule has 7 heteroatoms. The molecule has 2 heterocycles. The third-order valence-electron chi connectivity index (χ3n) is 5.44. The molecule has 148 valence electrons. The number of benzene rings is 2. The second-order valence-electron chi connectivity index (χ2n) is 7.22. The molecule has 29 heavy (non-hydrogen) atoms. The topological polar surface area (TPSA) is 82.8 Å². The normalized spacial score (nSPS) is 15.8. The first-order valence-electron chi connectivity index (χ1n) is 9.46. The van der Waals surface area contributed by atoms with E-state index in [9.17, 15) is 4.79 Å². The van der Waals surface area contributed by atoms with Crippen LogP contribution in [-0.2, 0) is 16.6 Å². The summed E-state index contributed by atoms with van der Waals surface area (Å²) < 4.78 is 21.9. The summed E-state index contributed by atoms with van der Waals surface area (Å²) in [5.74, 6) is 2.70. The van der Waals surface area contributed by atoms with Gasteiger partial charge >= 0.3 is 6.01 Å². The van der Waals surface area contributed by atoms with E-state index in [2.05, 4.69) is 10.3 Å². The van der Waals surface area contributed by atoms with Crippen molar-refractivity contribution in [3.8, 4) is 17.2 Å². The highest BCUT2D eigenvalue weighted by molar-refractivity contribution is 6.00. The Balaban J connectivity index is 1.30. The molecule has 1 fully saturated rings. The highest BCUT2D eigenvalue weighted by Crippen LogP contribution is 2.51. The van der Waals surface area contributed by atoms with Crippen LogP contribution in [0.15, 0.2) is 53.1 Å². The van der Waals surface area contributed by atoms with E-state index >= 15 is 0 Å². The van der Waals surface area contributed by atoms with Crippen LogP contribution in [0.3, 0.4) is 0 Å². The molecule has 0 bridgehead atoms. The van der Waals surface area contributed by atoms with Crippen molar-refractivity contribution < 1.29 is 23.4 Å². The van der Waals surface area contributed by atoms with Gasteiger partial charge < -0.3 is 18.6 Å². The van der Waals surface area contributed by atoms with Crippen LogP contribution in [0.1, 0.15) is 29.7 Å². The lowest BCUT2D eigenvalue weighted by molar-refractivity contribution is -0.118. The summed E-state index contributed by atoms with van der Waals surface area (Å²) in [5.41, 5.74) is 1.33. The molecule has 0 saturated heterocycles. The van der Waals surface area contributed by atoms with E-state index in [1.807, 2.05) is 42.5 Å². The van der Waals surface area contributed by atoms with E-state index in [0.29, 0.717) is 23.7 Å². The van der Waals surface area contributed by atoms with Gasteiger partial charge in [-0.3, -0.25) is 10.1 Å². The van der Waals surface area contributed by atoms with Gasteiger partial charge in [-0.25, -0.2) is 4.98 Å². The van der Waals surface area contributed by atoms with E-state index in [1.54, 1.807) is 13.3 Å². The monoisotopic (exact) mass is 392 g/mol. The number of nitrogens with zero attached hydrogens (tertiary/aromatic N) is 1. The van der Waals surface area contributed by atoms with Crippen LogP contribution in [0.2, 0.25) is 0 Å². The Bertz CT molecular complexity index is 1070. The Hall–Kier alpha value is -3.48. The number of nitrogens with one attached hydrogen (secondary N) is 1. The van der Waals surface area contributed by atoms with Crippen LogP contribution in [0, 0.1) is 0 Å². The molecule has 1 aliphatic carbocycles. The van der Waals surface area contributed by atoms with Gasteiger partial charge in [-0.2, -0.15) is 0 Å². The maximum atomic E-state index is 13.0. The smallest absolute Gasteiger partial charge is 0.301 e. The van der Waals surface area contributed by atoms with Crippen molar-refractivity contribution in [2.45, 2.75) is 24.7 Å². The molecule has 0 spiro atoms. The SMILES string of the molecule is COc1ccccc1Cc1cnc(NC(=O)C2(c3ccc4c(c3)OCO4)CC2)o1. The summed E-state index contributed by atoms with van der Waals surface area (Å²) in [6.07, 6.45) is 3.70. The molecule has 2 aliphatic rings. The minimum Gasteiger partial charge on any atom is -0.496 e. The summed E-state index contributed by atoms with van der Waals surface area (Å²) in [4.78, 5) is 17.2. The van der Waals surface area contributed by atoms with Gasteiger partial charge in [-0.1, -0.05) is 24.3 Å². The number of hydrogen-bond acceptors (Lipinski definition) is 6. The molecule has 3 aromatic rings. The number of carbonyl (C=O) groups excluding carboxylic acids is 1. The van der Waals surface area contributed by atoms with Crippen LogP contribution in [-0.4, -0.2) is 24.8 Å². The maximum absolute atomic E-state index is 13.0. The quantitative estimate of drug-likeness (QED) is 0.689. The molecule has 7 nitrogen and oxygen atoms in total. The largest absolute Gasteiger partial charge is 0.496 e. The first-order valence-corrected chi connectivity index (χ1v) is 9.46. The summed E-state index contributed by atoms with van der Waals surface area (Å²) in [6.45, 7) is 0.212. The fraction of sp³-hybridized carbons (Fsp3) is 0.273.